The number of aryl methyl sites for hydroxylation is 1. The van der Waals surface area contributed by atoms with Crippen LogP contribution in [0.3, 0.4) is 0 Å². The number of nitrogens with zero attached hydrogens (tertiary/aromatic N) is 2. The topological polar surface area (TPSA) is 49.3 Å². The Hall–Kier alpha value is -1.63. The summed E-state index contributed by atoms with van der Waals surface area (Å²) in [5.74, 6) is 0.812. The number of aliphatic imine (C=N–C) groups is 1. The number of halogens is 1. The van der Waals surface area contributed by atoms with Crippen LogP contribution in [0.4, 0.5) is 0 Å². The van der Waals surface area contributed by atoms with E-state index in [1.807, 2.05) is 19.3 Å². The van der Waals surface area contributed by atoms with Crippen molar-refractivity contribution in [3.63, 3.8) is 0 Å². The van der Waals surface area contributed by atoms with E-state index >= 15 is 0 Å². The summed E-state index contributed by atoms with van der Waals surface area (Å²) in [4.78, 5) is 8.79. The number of rotatable bonds is 7. The third kappa shape index (κ3) is 5.69. The van der Waals surface area contributed by atoms with Gasteiger partial charge in [-0.05, 0) is 37.0 Å². The van der Waals surface area contributed by atoms with E-state index in [9.17, 15) is 0 Å². The average molecular weight is 466 g/mol. The molecule has 0 saturated heterocycles. The van der Waals surface area contributed by atoms with Crippen molar-refractivity contribution in [1.29, 1.82) is 0 Å². The van der Waals surface area contributed by atoms with Crippen LogP contribution in [0.5, 0.6) is 0 Å². The molecular formula is C21H31IN4. The van der Waals surface area contributed by atoms with Crippen LogP contribution in [-0.2, 0) is 12.0 Å². The first-order valence-corrected chi connectivity index (χ1v) is 9.05. The molecule has 2 aromatic rings. The van der Waals surface area contributed by atoms with E-state index in [1.165, 1.54) is 11.1 Å². The van der Waals surface area contributed by atoms with Gasteiger partial charge < -0.3 is 10.6 Å². The summed E-state index contributed by atoms with van der Waals surface area (Å²) in [6, 6.07) is 14.8. The molecule has 142 valence electrons. The van der Waals surface area contributed by atoms with Gasteiger partial charge in [0.05, 0.1) is 12.2 Å². The molecule has 2 rings (SSSR count). The van der Waals surface area contributed by atoms with Crippen molar-refractivity contribution in [2.75, 3.05) is 13.6 Å². The molecule has 0 unspecified atom stereocenters. The van der Waals surface area contributed by atoms with Crippen LogP contribution in [0.25, 0.3) is 0 Å². The van der Waals surface area contributed by atoms with Gasteiger partial charge >= 0.3 is 0 Å². The van der Waals surface area contributed by atoms with Crippen molar-refractivity contribution >= 4 is 29.9 Å². The number of aromatic nitrogens is 1. The highest BCUT2D eigenvalue weighted by atomic mass is 127. The molecule has 1 aromatic carbocycles. The minimum Gasteiger partial charge on any atom is -0.356 e. The highest BCUT2D eigenvalue weighted by molar-refractivity contribution is 14.0. The lowest BCUT2D eigenvalue weighted by Gasteiger charge is -2.33. The Morgan fingerprint density at radius 3 is 2.31 bits per heavy atom. The Labute approximate surface area is 174 Å². The van der Waals surface area contributed by atoms with Crippen LogP contribution in [0, 0.1) is 6.92 Å². The number of nitrogens with one attached hydrogen (secondary N) is 2. The minimum absolute atomic E-state index is 0. The second-order valence-electron chi connectivity index (χ2n) is 6.40. The van der Waals surface area contributed by atoms with Gasteiger partial charge in [0.15, 0.2) is 5.96 Å². The van der Waals surface area contributed by atoms with Crippen molar-refractivity contribution in [1.82, 2.24) is 15.6 Å². The summed E-state index contributed by atoms with van der Waals surface area (Å²) >= 11 is 0. The van der Waals surface area contributed by atoms with Crippen LogP contribution in [0.15, 0.2) is 53.7 Å². The Bertz CT molecular complexity index is 681. The fraction of sp³-hybridized carbons (Fsp3) is 0.429. The minimum atomic E-state index is 0. The zero-order valence-corrected chi connectivity index (χ0v) is 18.6. The first kappa shape index (κ1) is 22.4. The zero-order valence-electron chi connectivity index (χ0n) is 16.2. The monoisotopic (exact) mass is 466 g/mol. The summed E-state index contributed by atoms with van der Waals surface area (Å²) < 4.78 is 0. The molecule has 0 atom stereocenters. The van der Waals surface area contributed by atoms with Crippen LogP contribution in [-0.4, -0.2) is 24.5 Å². The molecule has 0 aliphatic rings. The maximum atomic E-state index is 4.43. The molecule has 0 radical (unpaired) electrons. The van der Waals surface area contributed by atoms with E-state index in [0.717, 1.165) is 31.0 Å². The maximum Gasteiger partial charge on any atom is 0.191 e. The van der Waals surface area contributed by atoms with Gasteiger partial charge in [-0.15, -0.1) is 24.0 Å². The van der Waals surface area contributed by atoms with Crippen molar-refractivity contribution in [3.05, 3.63) is 65.5 Å². The molecule has 0 aliphatic carbocycles. The largest absolute Gasteiger partial charge is 0.356 e. The molecule has 1 heterocycles. The van der Waals surface area contributed by atoms with E-state index in [2.05, 4.69) is 77.8 Å². The number of guanidine groups is 1. The molecule has 4 nitrogen and oxygen atoms in total. The van der Waals surface area contributed by atoms with E-state index < -0.39 is 0 Å². The molecule has 5 heteroatoms. The Morgan fingerprint density at radius 2 is 1.73 bits per heavy atom. The van der Waals surface area contributed by atoms with Gasteiger partial charge in [0.25, 0.3) is 0 Å². The van der Waals surface area contributed by atoms with Crippen molar-refractivity contribution in [2.24, 2.45) is 4.99 Å². The average Bonchev–Trinajstić information content (AvgIpc) is 2.67. The quantitative estimate of drug-likeness (QED) is 0.361. The summed E-state index contributed by atoms with van der Waals surface area (Å²) in [7, 11) is 1.81. The van der Waals surface area contributed by atoms with Crippen LogP contribution >= 0.6 is 24.0 Å². The Balaban J connectivity index is 0.00000338. The van der Waals surface area contributed by atoms with Gasteiger partial charge in [-0.2, -0.15) is 0 Å². The summed E-state index contributed by atoms with van der Waals surface area (Å²) in [5, 5.41) is 6.89. The van der Waals surface area contributed by atoms with E-state index in [-0.39, 0.29) is 29.4 Å². The summed E-state index contributed by atoms with van der Waals surface area (Å²) in [6.07, 6.45) is 3.99. The van der Waals surface area contributed by atoms with Crippen LogP contribution in [0.2, 0.25) is 0 Å². The number of benzene rings is 1. The van der Waals surface area contributed by atoms with Gasteiger partial charge in [0, 0.05) is 25.2 Å². The van der Waals surface area contributed by atoms with Gasteiger partial charge in [0.1, 0.15) is 0 Å². The van der Waals surface area contributed by atoms with Crippen LogP contribution < -0.4 is 10.6 Å². The molecule has 26 heavy (non-hydrogen) atoms. The molecule has 0 saturated carbocycles. The molecule has 0 spiro atoms. The molecule has 0 amide bonds. The van der Waals surface area contributed by atoms with Gasteiger partial charge in [-0.3, -0.25) is 9.98 Å². The smallest absolute Gasteiger partial charge is 0.191 e. The first-order valence-electron chi connectivity index (χ1n) is 9.05. The van der Waals surface area contributed by atoms with Crippen LogP contribution in [0.1, 0.15) is 43.5 Å². The van der Waals surface area contributed by atoms with E-state index in [1.54, 1.807) is 0 Å². The van der Waals surface area contributed by atoms with E-state index in [0.29, 0.717) is 6.54 Å². The SMILES string of the molecule is CCC(CC)(CNC(=NC)NCc1ncccc1C)c1ccccc1.I. The Morgan fingerprint density at radius 1 is 1.04 bits per heavy atom. The summed E-state index contributed by atoms with van der Waals surface area (Å²) in [5.41, 5.74) is 3.72. The third-order valence-electron chi connectivity index (χ3n) is 5.10. The predicted octanol–water partition coefficient (Wildman–Crippen LogP) is 4.43. The fourth-order valence-electron chi connectivity index (χ4n) is 3.15. The number of hydrogen-bond acceptors (Lipinski definition) is 2. The molecule has 1 aromatic heterocycles. The van der Waals surface area contributed by atoms with Gasteiger partial charge in [-0.1, -0.05) is 50.2 Å². The number of hydrogen-bond donors (Lipinski definition) is 2. The van der Waals surface area contributed by atoms with Crippen molar-refractivity contribution < 1.29 is 0 Å². The number of pyridine rings is 1. The highest BCUT2D eigenvalue weighted by Gasteiger charge is 2.28. The van der Waals surface area contributed by atoms with E-state index in [4.69, 9.17) is 0 Å². The fourth-order valence-corrected chi connectivity index (χ4v) is 3.15. The third-order valence-corrected chi connectivity index (χ3v) is 5.10. The van der Waals surface area contributed by atoms with Gasteiger partial charge in [0.2, 0.25) is 0 Å². The molecule has 0 bridgehead atoms. The normalized spacial score (nSPS) is 11.6. The van der Waals surface area contributed by atoms with Crippen molar-refractivity contribution in [2.45, 2.75) is 45.6 Å². The first-order chi connectivity index (χ1) is 12.1. The second-order valence-corrected chi connectivity index (χ2v) is 6.40. The highest BCUT2D eigenvalue weighted by Crippen LogP contribution is 2.30. The lowest BCUT2D eigenvalue weighted by atomic mass is 9.76. The molecular weight excluding hydrogens is 435 g/mol. The predicted molar refractivity (Wildman–Crippen MR) is 121 cm³/mol. The lowest BCUT2D eigenvalue weighted by molar-refractivity contribution is 0.389. The molecule has 0 aliphatic heterocycles. The summed E-state index contributed by atoms with van der Waals surface area (Å²) in [6.45, 7) is 8.11. The Kier molecular flexibility index (Phi) is 9.62. The standard InChI is InChI=1S/C21H30N4.HI/c1-5-21(6-2,18-12-8-7-9-13-18)16-25-20(22-4)24-15-19-17(3)11-10-14-23-19;/h7-14H,5-6,15-16H2,1-4H3,(H2,22,24,25);1H. The maximum absolute atomic E-state index is 4.43. The second kappa shape index (κ2) is 11.2. The lowest BCUT2D eigenvalue weighted by Crippen LogP contribution is -2.45. The molecule has 0 fully saturated rings. The van der Waals surface area contributed by atoms with Gasteiger partial charge in [-0.25, -0.2) is 0 Å². The van der Waals surface area contributed by atoms with Crippen molar-refractivity contribution in [3.8, 4) is 0 Å². The zero-order chi connectivity index (χ0) is 18.1. The molecule has 2 N–H and O–H groups in total.